The van der Waals surface area contributed by atoms with E-state index >= 15 is 0 Å². The molecule has 0 aliphatic heterocycles. The van der Waals surface area contributed by atoms with Gasteiger partial charge in [-0.15, -0.1) is 0 Å². The van der Waals surface area contributed by atoms with Gasteiger partial charge in [-0.1, -0.05) is 18.2 Å². The largest absolute Gasteiger partial charge is 0.466 e. The van der Waals surface area contributed by atoms with E-state index in [1.807, 2.05) is 24.4 Å². The van der Waals surface area contributed by atoms with Gasteiger partial charge in [0.25, 0.3) is 0 Å². The summed E-state index contributed by atoms with van der Waals surface area (Å²) in [6.45, 7) is 4.19. The van der Waals surface area contributed by atoms with Crippen molar-refractivity contribution in [2.45, 2.75) is 26.8 Å². The lowest BCUT2D eigenvalue weighted by atomic mass is 10.0. The molecular formula is C16H18N2O3. The van der Waals surface area contributed by atoms with Crippen LogP contribution in [0.4, 0.5) is 0 Å². The SMILES string of the molecule is CCOC(=O)CCn1cc(-c2cccc(C(C)=O)c2)cn1. The molecule has 110 valence electrons. The zero-order chi connectivity index (χ0) is 15.2. The van der Waals surface area contributed by atoms with E-state index in [0.29, 0.717) is 25.1 Å². The van der Waals surface area contributed by atoms with Crippen LogP contribution in [0.15, 0.2) is 36.7 Å². The highest BCUT2D eigenvalue weighted by molar-refractivity contribution is 5.95. The Morgan fingerprint density at radius 2 is 2.10 bits per heavy atom. The van der Waals surface area contributed by atoms with Crippen molar-refractivity contribution in [2.75, 3.05) is 6.61 Å². The maximum Gasteiger partial charge on any atom is 0.307 e. The number of benzene rings is 1. The van der Waals surface area contributed by atoms with Crippen LogP contribution in [0.25, 0.3) is 11.1 Å². The number of aryl methyl sites for hydroxylation is 1. The second-order valence-corrected chi connectivity index (χ2v) is 4.68. The average Bonchev–Trinajstić information content (AvgIpc) is 2.94. The first-order chi connectivity index (χ1) is 10.1. The molecule has 5 heteroatoms. The van der Waals surface area contributed by atoms with E-state index in [1.165, 1.54) is 0 Å². The molecule has 1 aromatic heterocycles. The smallest absolute Gasteiger partial charge is 0.307 e. The summed E-state index contributed by atoms with van der Waals surface area (Å²) in [5.74, 6) is -0.195. The minimum Gasteiger partial charge on any atom is -0.466 e. The molecule has 0 unspecified atom stereocenters. The summed E-state index contributed by atoms with van der Waals surface area (Å²) in [5.41, 5.74) is 2.53. The Labute approximate surface area is 123 Å². The summed E-state index contributed by atoms with van der Waals surface area (Å²) >= 11 is 0. The number of nitrogens with zero attached hydrogens (tertiary/aromatic N) is 2. The molecule has 0 N–H and O–H groups in total. The first-order valence-corrected chi connectivity index (χ1v) is 6.89. The van der Waals surface area contributed by atoms with Gasteiger partial charge in [0.1, 0.15) is 0 Å². The minimum atomic E-state index is -0.229. The van der Waals surface area contributed by atoms with Gasteiger partial charge in [-0.05, 0) is 25.5 Å². The van der Waals surface area contributed by atoms with E-state index < -0.39 is 0 Å². The predicted octanol–water partition coefficient (Wildman–Crippen LogP) is 2.71. The normalized spacial score (nSPS) is 10.4. The van der Waals surface area contributed by atoms with Gasteiger partial charge >= 0.3 is 5.97 Å². The molecule has 0 amide bonds. The van der Waals surface area contributed by atoms with Gasteiger partial charge in [0.05, 0.1) is 25.8 Å². The quantitative estimate of drug-likeness (QED) is 0.605. The monoisotopic (exact) mass is 286 g/mol. The highest BCUT2D eigenvalue weighted by Gasteiger charge is 2.07. The van der Waals surface area contributed by atoms with Crippen molar-refractivity contribution in [1.82, 2.24) is 9.78 Å². The van der Waals surface area contributed by atoms with Crippen LogP contribution in [0, 0.1) is 0 Å². The summed E-state index contributed by atoms with van der Waals surface area (Å²) in [5, 5.41) is 4.22. The maximum absolute atomic E-state index is 11.4. The third-order valence-corrected chi connectivity index (χ3v) is 3.09. The van der Waals surface area contributed by atoms with Crippen molar-refractivity contribution in [3.63, 3.8) is 0 Å². The van der Waals surface area contributed by atoms with Crippen molar-refractivity contribution in [3.05, 3.63) is 42.2 Å². The van der Waals surface area contributed by atoms with Gasteiger partial charge in [0.2, 0.25) is 0 Å². The molecule has 0 aliphatic carbocycles. The number of aromatic nitrogens is 2. The fourth-order valence-corrected chi connectivity index (χ4v) is 1.99. The van der Waals surface area contributed by atoms with Gasteiger partial charge in [-0.25, -0.2) is 0 Å². The van der Waals surface area contributed by atoms with Crippen LogP contribution in [0.1, 0.15) is 30.6 Å². The Balaban J connectivity index is 2.07. The zero-order valence-corrected chi connectivity index (χ0v) is 12.2. The summed E-state index contributed by atoms with van der Waals surface area (Å²) in [6.07, 6.45) is 3.88. The van der Waals surface area contributed by atoms with E-state index in [1.54, 1.807) is 30.8 Å². The third kappa shape index (κ3) is 4.02. The van der Waals surface area contributed by atoms with Gasteiger partial charge in [0, 0.05) is 17.3 Å². The standard InChI is InChI=1S/C16H18N2O3/c1-3-21-16(20)7-8-18-11-15(10-17-18)14-6-4-5-13(9-14)12(2)19/h4-6,9-11H,3,7-8H2,1-2H3. The maximum atomic E-state index is 11.4. The van der Waals surface area contributed by atoms with Gasteiger partial charge in [-0.2, -0.15) is 5.10 Å². The Bertz CT molecular complexity index is 646. The number of hydrogen-bond acceptors (Lipinski definition) is 4. The first-order valence-electron chi connectivity index (χ1n) is 6.89. The van der Waals surface area contributed by atoms with E-state index in [2.05, 4.69) is 5.10 Å². The van der Waals surface area contributed by atoms with Gasteiger partial charge < -0.3 is 4.74 Å². The topological polar surface area (TPSA) is 61.2 Å². The van der Waals surface area contributed by atoms with Crippen LogP contribution in [-0.4, -0.2) is 28.1 Å². The number of hydrogen-bond donors (Lipinski definition) is 0. The summed E-state index contributed by atoms with van der Waals surface area (Å²) in [6, 6.07) is 7.41. The molecule has 0 spiro atoms. The molecule has 1 heterocycles. The van der Waals surface area contributed by atoms with Crippen LogP contribution in [-0.2, 0) is 16.1 Å². The van der Waals surface area contributed by atoms with Crippen molar-refractivity contribution >= 4 is 11.8 Å². The summed E-state index contributed by atoms with van der Waals surface area (Å²) < 4.78 is 6.58. The van der Waals surface area contributed by atoms with E-state index in [9.17, 15) is 9.59 Å². The number of carbonyl (C=O) groups excluding carboxylic acids is 2. The Morgan fingerprint density at radius 3 is 2.81 bits per heavy atom. The number of ketones is 1. The van der Waals surface area contributed by atoms with Crippen molar-refractivity contribution in [1.29, 1.82) is 0 Å². The van der Waals surface area contributed by atoms with Crippen LogP contribution < -0.4 is 0 Å². The highest BCUT2D eigenvalue weighted by atomic mass is 16.5. The highest BCUT2D eigenvalue weighted by Crippen LogP contribution is 2.20. The second kappa shape index (κ2) is 6.83. The number of rotatable bonds is 6. The molecule has 21 heavy (non-hydrogen) atoms. The Hall–Kier alpha value is -2.43. The van der Waals surface area contributed by atoms with Crippen LogP contribution in [0.3, 0.4) is 0 Å². The Kier molecular flexibility index (Phi) is 4.87. The molecule has 0 fully saturated rings. The Morgan fingerprint density at radius 1 is 1.29 bits per heavy atom. The van der Waals surface area contributed by atoms with Crippen molar-refractivity contribution in [3.8, 4) is 11.1 Å². The molecule has 5 nitrogen and oxygen atoms in total. The zero-order valence-electron chi connectivity index (χ0n) is 12.2. The minimum absolute atomic E-state index is 0.0338. The summed E-state index contributed by atoms with van der Waals surface area (Å²) in [4.78, 5) is 22.7. The molecule has 0 radical (unpaired) electrons. The van der Waals surface area contributed by atoms with Crippen LogP contribution in [0.5, 0.6) is 0 Å². The second-order valence-electron chi connectivity index (χ2n) is 4.68. The molecule has 1 aromatic carbocycles. The summed E-state index contributed by atoms with van der Waals surface area (Å²) in [7, 11) is 0. The molecule has 0 saturated heterocycles. The predicted molar refractivity (Wildman–Crippen MR) is 78.9 cm³/mol. The van der Waals surface area contributed by atoms with Crippen LogP contribution >= 0.6 is 0 Å². The van der Waals surface area contributed by atoms with Crippen molar-refractivity contribution < 1.29 is 14.3 Å². The lowest BCUT2D eigenvalue weighted by Gasteiger charge is -2.02. The molecule has 0 atom stereocenters. The molecule has 2 rings (SSSR count). The lowest BCUT2D eigenvalue weighted by molar-refractivity contribution is -0.143. The molecular weight excluding hydrogens is 268 g/mol. The fraction of sp³-hybridized carbons (Fsp3) is 0.312. The fourth-order valence-electron chi connectivity index (χ4n) is 1.99. The molecule has 0 saturated carbocycles. The van der Waals surface area contributed by atoms with Gasteiger partial charge in [0.15, 0.2) is 5.78 Å². The van der Waals surface area contributed by atoms with E-state index in [-0.39, 0.29) is 11.8 Å². The van der Waals surface area contributed by atoms with Crippen molar-refractivity contribution in [2.24, 2.45) is 0 Å². The van der Waals surface area contributed by atoms with E-state index in [4.69, 9.17) is 4.74 Å². The number of Topliss-reactive ketones (excluding diaryl/α,β-unsaturated/α-hetero) is 1. The number of carbonyl (C=O) groups is 2. The lowest BCUT2D eigenvalue weighted by Crippen LogP contribution is -2.09. The number of esters is 1. The number of ether oxygens (including phenoxy) is 1. The van der Waals surface area contributed by atoms with Gasteiger partial charge in [-0.3, -0.25) is 14.3 Å². The third-order valence-electron chi connectivity index (χ3n) is 3.09. The molecule has 0 aliphatic rings. The molecule has 0 bridgehead atoms. The average molecular weight is 286 g/mol. The first kappa shape index (κ1) is 15.0. The van der Waals surface area contributed by atoms with Crippen LogP contribution in [0.2, 0.25) is 0 Å². The molecule has 2 aromatic rings. The van der Waals surface area contributed by atoms with E-state index in [0.717, 1.165) is 11.1 Å².